The molecule has 3 N–H and O–H groups in total. The normalized spacial score (nSPS) is 10.8. The summed E-state index contributed by atoms with van der Waals surface area (Å²) < 4.78 is 27.0. The van der Waals surface area contributed by atoms with Gasteiger partial charge in [-0.25, -0.2) is 24.7 Å². The van der Waals surface area contributed by atoms with E-state index in [0.717, 1.165) is 17.7 Å². The molecular formula is C18H15ClF2N4O2S. The number of hydrogen-bond donors (Lipinski definition) is 3. The third-order valence-corrected chi connectivity index (χ3v) is 5.17. The predicted octanol–water partition coefficient (Wildman–Crippen LogP) is 4.00. The maximum absolute atomic E-state index is 13.6. The summed E-state index contributed by atoms with van der Waals surface area (Å²) in [7, 11) is 1.70. The van der Waals surface area contributed by atoms with Crippen LogP contribution in [0.1, 0.15) is 15.9 Å². The minimum absolute atomic E-state index is 0.00252. The lowest BCUT2D eigenvalue weighted by atomic mass is 10.1. The number of anilines is 1. The standard InChI is InChI=1S/C18H15ClF2N4O2S/c1-25(18-23-16(9-28-18)11-4-2-3-5-13(11)19)22-8-10-6-14(20)15(21)7-12(10)17(26)24-27/h2-7,9,22,27H,8H2,1H3,(H,24,26). The highest BCUT2D eigenvalue weighted by molar-refractivity contribution is 7.14. The van der Waals surface area contributed by atoms with Crippen LogP contribution in [0, 0.1) is 11.6 Å². The summed E-state index contributed by atoms with van der Waals surface area (Å²) in [6.45, 7) is -0.00252. The minimum atomic E-state index is -1.18. The molecule has 0 spiro atoms. The number of carbonyl (C=O) groups is 1. The highest BCUT2D eigenvalue weighted by atomic mass is 35.5. The van der Waals surface area contributed by atoms with E-state index in [4.69, 9.17) is 16.8 Å². The second-order valence-corrected chi connectivity index (χ2v) is 7.00. The van der Waals surface area contributed by atoms with Gasteiger partial charge in [0.05, 0.1) is 5.69 Å². The largest absolute Gasteiger partial charge is 0.288 e. The maximum Gasteiger partial charge on any atom is 0.275 e. The van der Waals surface area contributed by atoms with Crippen molar-refractivity contribution in [3.8, 4) is 11.3 Å². The Morgan fingerprint density at radius 3 is 2.71 bits per heavy atom. The Hall–Kier alpha value is -2.59. The van der Waals surface area contributed by atoms with Crippen LogP contribution in [-0.2, 0) is 6.54 Å². The molecule has 0 radical (unpaired) electrons. The summed E-state index contributed by atoms with van der Waals surface area (Å²) >= 11 is 7.55. The van der Waals surface area contributed by atoms with Crippen molar-refractivity contribution in [1.82, 2.24) is 15.9 Å². The fourth-order valence-electron chi connectivity index (χ4n) is 2.49. The Kier molecular flexibility index (Phi) is 6.20. The third kappa shape index (κ3) is 4.28. The second kappa shape index (κ2) is 8.61. The smallest absolute Gasteiger partial charge is 0.275 e. The Bertz CT molecular complexity index is 1020. The van der Waals surface area contributed by atoms with Crippen LogP contribution in [0.3, 0.4) is 0 Å². The summed E-state index contributed by atoms with van der Waals surface area (Å²) in [5.74, 6) is -3.21. The van der Waals surface area contributed by atoms with E-state index in [-0.39, 0.29) is 17.7 Å². The number of benzene rings is 2. The van der Waals surface area contributed by atoms with Crippen LogP contribution >= 0.6 is 22.9 Å². The highest BCUT2D eigenvalue weighted by Gasteiger charge is 2.17. The molecule has 0 aliphatic carbocycles. The first-order valence-electron chi connectivity index (χ1n) is 8.00. The Balaban J connectivity index is 1.76. The topological polar surface area (TPSA) is 77.5 Å². The van der Waals surface area contributed by atoms with Gasteiger partial charge in [0.25, 0.3) is 5.91 Å². The molecule has 0 bridgehead atoms. The second-order valence-electron chi connectivity index (χ2n) is 5.75. The number of hydrazine groups is 1. The van der Waals surface area contributed by atoms with Gasteiger partial charge in [-0.1, -0.05) is 29.8 Å². The van der Waals surface area contributed by atoms with Gasteiger partial charge in [-0.2, -0.15) is 0 Å². The average Bonchev–Trinajstić information content (AvgIpc) is 3.18. The van der Waals surface area contributed by atoms with Gasteiger partial charge in [0.15, 0.2) is 16.8 Å². The number of rotatable bonds is 6. The van der Waals surface area contributed by atoms with Crippen LogP contribution in [-0.4, -0.2) is 23.1 Å². The van der Waals surface area contributed by atoms with Gasteiger partial charge >= 0.3 is 0 Å². The molecule has 1 aromatic heterocycles. The van der Waals surface area contributed by atoms with Crippen LogP contribution in [0.25, 0.3) is 11.3 Å². The summed E-state index contributed by atoms with van der Waals surface area (Å²) in [5, 5.41) is 13.4. The van der Waals surface area contributed by atoms with Crippen molar-refractivity contribution in [2.75, 3.05) is 12.1 Å². The van der Waals surface area contributed by atoms with E-state index in [1.807, 2.05) is 23.6 Å². The van der Waals surface area contributed by atoms with Gasteiger partial charge in [-0.15, -0.1) is 11.3 Å². The van der Waals surface area contributed by atoms with Crippen LogP contribution in [0.2, 0.25) is 5.02 Å². The van der Waals surface area contributed by atoms with Gasteiger partial charge in [0.2, 0.25) is 0 Å². The number of thiazole rings is 1. The molecule has 2 aromatic carbocycles. The van der Waals surface area contributed by atoms with Crippen LogP contribution in [0.4, 0.5) is 13.9 Å². The number of hydrogen-bond acceptors (Lipinski definition) is 6. The molecule has 3 rings (SSSR count). The van der Waals surface area contributed by atoms with Crippen molar-refractivity contribution in [3.05, 3.63) is 69.6 Å². The van der Waals surface area contributed by atoms with Gasteiger partial charge < -0.3 is 0 Å². The molecule has 0 saturated heterocycles. The molecular weight excluding hydrogens is 410 g/mol. The van der Waals surface area contributed by atoms with E-state index < -0.39 is 17.5 Å². The van der Waals surface area contributed by atoms with E-state index in [9.17, 15) is 13.6 Å². The zero-order chi connectivity index (χ0) is 20.3. The summed E-state index contributed by atoms with van der Waals surface area (Å²) in [4.78, 5) is 16.2. The molecule has 10 heteroatoms. The maximum atomic E-state index is 13.6. The number of amides is 1. The lowest BCUT2D eigenvalue weighted by molar-refractivity contribution is 0.0704. The third-order valence-electron chi connectivity index (χ3n) is 3.93. The number of nitrogens with one attached hydrogen (secondary N) is 2. The fourth-order valence-corrected chi connectivity index (χ4v) is 3.49. The van der Waals surface area contributed by atoms with E-state index in [0.29, 0.717) is 15.8 Å². The van der Waals surface area contributed by atoms with E-state index in [2.05, 4.69) is 10.4 Å². The van der Waals surface area contributed by atoms with E-state index in [1.54, 1.807) is 18.1 Å². The fraction of sp³-hybridized carbons (Fsp3) is 0.111. The van der Waals surface area contributed by atoms with Gasteiger partial charge in [0, 0.05) is 35.1 Å². The molecule has 3 aromatic rings. The van der Waals surface area contributed by atoms with Crippen LogP contribution in [0.15, 0.2) is 41.8 Å². The number of carbonyl (C=O) groups excluding carboxylic acids is 1. The predicted molar refractivity (Wildman–Crippen MR) is 103 cm³/mol. The van der Waals surface area contributed by atoms with Crippen LogP contribution in [0.5, 0.6) is 0 Å². The Morgan fingerprint density at radius 2 is 2.00 bits per heavy atom. The molecule has 6 nitrogen and oxygen atoms in total. The monoisotopic (exact) mass is 424 g/mol. The Labute approximate surface area is 168 Å². The minimum Gasteiger partial charge on any atom is -0.288 e. The molecule has 1 heterocycles. The quantitative estimate of drug-likeness (QED) is 0.412. The van der Waals surface area contributed by atoms with Crippen molar-refractivity contribution < 1.29 is 18.8 Å². The zero-order valence-electron chi connectivity index (χ0n) is 14.5. The van der Waals surface area contributed by atoms with Gasteiger partial charge in [-0.05, 0) is 23.8 Å². The molecule has 0 saturated carbocycles. The highest BCUT2D eigenvalue weighted by Crippen LogP contribution is 2.31. The number of hydroxylamine groups is 1. The first-order chi connectivity index (χ1) is 13.4. The number of halogens is 3. The van der Waals surface area contributed by atoms with Crippen molar-refractivity contribution >= 4 is 34.0 Å². The van der Waals surface area contributed by atoms with Crippen molar-refractivity contribution in [2.45, 2.75) is 6.54 Å². The first kappa shape index (κ1) is 20.2. The number of aromatic nitrogens is 1. The molecule has 0 fully saturated rings. The lowest BCUT2D eigenvalue weighted by Gasteiger charge is -2.18. The average molecular weight is 425 g/mol. The first-order valence-corrected chi connectivity index (χ1v) is 9.26. The van der Waals surface area contributed by atoms with E-state index >= 15 is 0 Å². The number of nitrogens with zero attached hydrogens (tertiary/aromatic N) is 2. The summed E-state index contributed by atoms with van der Waals surface area (Å²) in [6.07, 6.45) is 0. The van der Waals surface area contributed by atoms with E-state index in [1.165, 1.54) is 16.8 Å². The van der Waals surface area contributed by atoms with Gasteiger partial charge in [0.1, 0.15) is 0 Å². The van der Waals surface area contributed by atoms with Crippen LogP contribution < -0.4 is 15.9 Å². The van der Waals surface area contributed by atoms with Crippen molar-refractivity contribution in [2.24, 2.45) is 0 Å². The molecule has 146 valence electrons. The molecule has 0 unspecified atom stereocenters. The molecule has 0 atom stereocenters. The van der Waals surface area contributed by atoms with Gasteiger partial charge in [-0.3, -0.25) is 15.0 Å². The zero-order valence-corrected chi connectivity index (χ0v) is 16.1. The van der Waals surface area contributed by atoms with Crippen molar-refractivity contribution in [1.29, 1.82) is 0 Å². The van der Waals surface area contributed by atoms with Crippen molar-refractivity contribution in [3.63, 3.8) is 0 Å². The summed E-state index contributed by atoms with van der Waals surface area (Å²) in [6, 6.07) is 8.95. The molecule has 0 aliphatic heterocycles. The Morgan fingerprint density at radius 1 is 1.29 bits per heavy atom. The lowest BCUT2D eigenvalue weighted by Crippen LogP contribution is -2.34. The molecule has 0 aliphatic rings. The SMILES string of the molecule is CN(NCc1cc(F)c(F)cc1C(=O)NO)c1nc(-c2ccccc2Cl)cs1. The summed E-state index contributed by atoms with van der Waals surface area (Å²) in [5.41, 5.74) is 5.86. The molecule has 28 heavy (non-hydrogen) atoms. The molecule has 1 amide bonds.